The van der Waals surface area contributed by atoms with E-state index in [1.807, 2.05) is 30.6 Å². The van der Waals surface area contributed by atoms with E-state index in [1.54, 1.807) is 44.4 Å². The van der Waals surface area contributed by atoms with Gasteiger partial charge in [0.2, 0.25) is 17.7 Å². The molecule has 0 unspecified atom stereocenters. The maximum atomic E-state index is 13.8. The minimum absolute atomic E-state index is 0. The Bertz CT molecular complexity index is 1700. The Labute approximate surface area is 328 Å². The summed E-state index contributed by atoms with van der Waals surface area (Å²) in [7, 11) is 0. The van der Waals surface area contributed by atoms with Crippen LogP contribution >= 0.6 is 23.7 Å². The molecule has 3 atom stereocenters. The number of pyridine rings is 1. The van der Waals surface area contributed by atoms with Crippen LogP contribution in [-0.4, -0.2) is 108 Å². The molecule has 15 heteroatoms. The minimum atomic E-state index is -1.02. The van der Waals surface area contributed by atoms with Crippen LogP contribution in [0.15, 0.2) is 48.1 Å². The lowest BCUT2D eigenvalue weighted by Gasteiger charge is -2.36. The van der Waals surface area contributed by atoms with Gasteiger partial charge in [-0.3, -0.25) is 19.2 Å². The molecule has 1 aromatic carbocycles. The number of hydrogen-bond donors (Lipinski definition) is 5. The summed E-state index contributed by atoms with van der Waals surface area (Å²) in [5.74, 6) is -0.0461. The number of nitrogens with one attached hydrogen (secondary N) is 4. The third-order valence-corrected chi connectivity index (χ3v) is 11.3. The van der Waals surface area contributed by atoms with Crippen LogP contribution in [0.5, 0.6) is 0 Å². The van der Waals surface area contributed by atoms with Gasteiger partial charge in [-0.25, -0.2) is 9.97 Å². The van der Waals surface area contributed by atoms with Crippen LogP contribution in [0.1, 0.15) is 74.5 Å². The summed E-state index contributed by atoms with van der Waals surface area (Å²) in [5, 5.41) is 22.6. The van der Waals surface area contributed by atoms with Gasteiger partial charge in [0.15, 0.2) is 0 Å². The van der Waals surface area contributed by atoms with Crippen molar-refractivity contribution < 1.29 is 24.3 Å². The maximum absolute atomic E-state index is 13.8. The second-order valence-corrected chi connectivity index (χ2v) is 15.4. The van der Waals surface area contributed by atoms with Crippen molar-refractivity contribution in [3.8, 4) is 10.4 Å². The number of aliphatic hydroxyl groups excluding tert-OH is 1. The second-order valence-electron chi connectivity index (χ2n) is 14.6. The Morgan fingerprint density at radius 2 is 1.74 bits per heavy atom. The van der Waals surface area contributed by atoms with Gasteiger partial charge in [0.1, 0.15) is 11.9 Å². The molecule has 0 radical (unpaired) electrons. The van der Waals surface area contributed by atoms with Crippen molar-refractivity contribution in [3.05, 3.63) is 64.9 Å². The molecule has 0 spiro atoms. The second kappa shape index (κ2) is 20.0. The summed E-state index contributed by atoms with van der Waals surface area (Å²) in [6.45, 7) is 11.9. The molecule has 0 saturated carbocycles. The standard InChI is InChI=1S/C39H54N8O5S.ClH/c1-26-35(53-25-44-26)29-11-9-28(10-12-29)15-17-42-37(51)32-22-31(48)24-47(32)38(52)39(3,4)27(2)45-34(49)8-6-5-7-16-41-36(50)30-13-14-33(43-23-30)46-20-18-40-19-21-46;/h9-14,23,25,27,31-32,40,48H,5-8,15-22,24H2,1-4H3,(H,41,50)(H,42,51)(H,45,49);1H/t27-,31+,32-;/m0./s1. The van der Waals surface area contributed by atoms with Crippen LogP contribution in [0.2, 0.25) is 0 Å². The number of rotatable bonds is 16. The summed E-state index contributed by atoms with van der Waals surface area (Å²) in [4.78, 5) is 66.0. The predicted molar refractivity (Wildman–Crippen MR) is 214 cm³/mol. The van der Waals surface area contributed by atoms with Crippen molar-refractivity contribution in [1.82, 2.24) is 36.1 Å². The third-order valence-electron chi connectivity index (χ3n) is 10.3. The summed E-state index contributed by atoms with van der Waals surface area (Å²) in [5.41, 5.74) is 4.53. The fourth-order valence-corrected chi connectivity index (χ4v) is 7.49. The van der Waals surface area contributed by atoms with Gasteiger partial charge in [0.25, 0.3) is 5.91 Å². The van der Waals surface area contributed by atoms with Gasteiger partial charge in [0.05, 0.1) is 33.2 Å². The average molecular weight is 783 g/mol. The number of carbonyl (C=O) groups excluding carboxylic acids is 4. The number of hydrogen-bond acceptors (Lipinski definition) is 10. The van der Waals surface area contributed by atoms with E-state index >= 15 is 0 Å². The smallest absolute Gasteiger partial charge is 0.252 e. The van der Waals surface area contributed by atoms with Gasteiger partial charge in [-0.05, 0) is 70.2 Å². The first-order valence-corrected chi connectivity index (χ1v) is 19.6. The van der Waals surface area contributed by atoms with E-state index in [0.29, 0.717) is 37.9 Å². The first kappa shape index (κ1) is 42.6. The molecule has 0 aliphatic carbocycles. The van der Waals surface area contributed by atoms with E-state index < -0.39 is 23.6 Å². The lowest BCUT2D eigenvalue weighted by molar-refractivity contribution is -0.147. The Balaban J connectivity index is 0.00000650. The van der Waals surface area contributed by atoms with E-state index in [1.165, 1.54) is 4.90 Å². The van der Waals surface area contributed by atoms with Gasteiger partial charge >= 0.3 is 0 Å². The molecule has 4 heterocycles. The lowest BCUT2D eigenvalue weighted by Crippen LogP contribution is -2.55. The maximum Gasteiger partial charge on any atom is 0.252 e. The molecule has 2 fully saturated rings. The number of benzene rings is 1. The first-order valence-electron chi connectivity index (χ1n) is 18.7. The quantitative estimate of drug-likeness (QED) is 0.137. The molecular formula is C39H55ClN8O5S. The topological polar surface area (TPSA) is 169 Å². The van der Waals surface area contributed by atoms with Crippen molar-refractivity contribution in [2.75, 3.05) is 50.7 Å². The van der Waals surface area contributed by atoms with Gasteiger partial charge in [-0.2, -0.15) is 0 Å². The molecule has 54 heavy (non-hydrogen) atoms. The first-order chi connectivity index (χ1) is 25.4. The fourth-order valence-electron chi connectivity index (χ4n) is 6.68. The van der Waals surface area contributed by atoms with Crippen molar-refractivity contribution in [2.24, 2.45) is 5.41 Å². The van der Waals surface area contributed by atoms with E-state index in [2.05, 4.69) is 48.3 Å². The molecular weight excluding hydrogens is 728 g/mol. The molecule has 5 N–H and O–H groups in total. The van der Waals surface area contributed by atoms with Crippen molar-refractivity contribution >= 4 is 53.2 Å². The molecule has 13 nitrogen and oxygen atoms in total. The number of aryl methyl sites for hydroxylation is 1. The van der Waals surface area contributed by atoms with Gasteiger partial charge < -0.3 is 36.2 Å². The number of aromatic nitrogens is 2. The number of thiazole rings is 1. The molecule has 0 bridgehead atoms. The molecule has 3 aromatic rings. The Kier molecular flexibility index (Phi) is 15.8. The number of halogens is 1. The Morgan fingerprint density at radius 1 is 1.00 bits per heavy atom. The third kappa shape index (κ3) is 11.2. The summed E-state index contributed by atoms with van der Waals surface area (Å²) in [6, 6.07) is 10.6. The number of amides is 4. The number of piperazine rings is 1. The zero-order chi connectivity index (χ0) is 38.0. The molecule has 2 aromatic heterocycles. The van der Waals surface area contributed by atoms with Crippen LogP contribution in [-0.2, 0) is 20.8 Å². The number of anilines is 1. The summed E-state index contributed by atoms with van der Waals surface area (Å²) in [6.07, 6.45) is 4.01. The normalized spacial score (nSPS) is 17.7. The lowest BCUT2D eigenvalue weighted by atomic mass is 9.83. The van der Waals surface area contributed by atoms with Crippen LogP contribution < -0.4 is 26.2 Å². The number of likely N-dealkylation sites (tertiary alicyclic amines) is 1. The van der Waals surface area contributed by atoms with Crippen molar-refractivity contribution in [1.29, 1.82) is 0 Å². The van der Waals surface area contributed by atoms with Gasteiger partial charge in [0, 0.05) is 70.9 Å². The number of carbonyl (C=O) groups is 4. The van der Waals surface area contributed by atoms with Crippen LogP contribution in [0.4, 0.5) is 5.82 Å². The molecule has 294 valence electrons. The Morgan fingerprint density at radius 3 is 2.41 bits per heavy atom. The summed E-state index contributed by atoms with van der Waals surface area (Å²) >= 11 is 1.61. The highest BCUT2D eigenvalue weighted by Gasteiger charge is 2.46. The number of aliphatic hydroxyl groups is 1. The SMILES string of the molecule is Cc1ncsc1-c1ccc(CCNC(=O)[C@@H]2C[C@@H](O)CN2C(=O)C(C)(C)[C@H](C)NC(=O)CCCCCNC(=O)c2ccc(N3CCNCC3)nc2)cc1.Cl. The molecule has 2 saturated heterocycles. The molecule has 5 rings (SSSR count). The predicted octanol–water partition coefficient (Wildman–Crippen LogP) is 3.49. The molecule has 2 aliphatic rings. The van der Waals surface area contributed by atoms with Crippen LogP contribution in [0.3, 0.4) is 0 Å². The van der Waals surface area contributed by atoms with Gasteiger partial charge in [-0.15, -0.1) is 23.7 Å². The summed E-state index contributed by atoms with van der Waals surface area (Å²) < 4.78 is 0. The van der Waals surface area contributed by atoms with E-state index in [4.69, 9.17) is 0 Å². The fraction of sp³-hybridized carbons (Fsp3) is 0.538. The highest BCUT2D eigenvalue weighted by molar-refractivity contribution is 7.13. The van der Waals surface area contributed by atoms with Crippen molar-refractivity contribution in [2.45, 2.75) is 84.4 Å². The molecule has 4 amide bonds. The minimum Gasteiger partial charge on any atom is -0.391 e. The molecule has 2 aliphatic heterocycles. The van der Waals surface area contributed by atoms with Crippen LogP contribution in [0.25, 0.3) is 10.4 Å². The van der Waals surface area contributed by atoms with E-state index in [9.17, 15) is 24.3 Å². The van der Waals surface area contributed by atoms with Gasteiger partial charge in [-0.1, -0.05) is 30.7 Å². The number of β-amino-alcohol motifs (C(OH)–C–C–N with tert-alkyl or cyclic N) is 1. The number of nitrogens with zero attached hydrogens (tertiary/aromatic N) is 4. The van der Waals surface area contributed by atoms with E-state index in [0.717, 1.165) is 66.5 Å². The zero-order valence-electron chi connectivity index (χ0n) is 31.7. The largest absolute Gasteiger partial charge is 0.391 e. The Hall–Kier alpha value is -4.11. The highest BCUT2D eigenvalue weighted by atomic mass is 35.5. The number of unbranched alkanes of at least 4 members (excludes halogenated alkanes) is 2. The monoisotopic (exact) mass is 782 g/mol. The van der Waals surface area contributed by atoms with E-state index in [-0.39, 0.29) is 49.0 Å². The van der Waals surface area contributed by atoms with Crippen molar-refractivity contribution in [3.63, 3.8) is 0 Å². The highest BCUT2D eigenvalue weighted by Crippen LogP contribution is 2.30. The zero-order valence-corrected chi connectivity index (χ0v) is 33.4. The van der Waals surface area contributed by atoms with Crippen LogP contribution in [0, 0.1) is 12.3 Å². The average Bonchev–Trinajstić information content (AvgIpc) is 3.78.